The van der Waals surface area contributed by atoms with Crippen molar-refractivity contribution in [3.8, 4) is 0 Å². The van der Waals surface area contributed by atoms with Crippen LogP contribution in [0.1, 0.15) is 78.1 Å². The highest BCUT2D eigenvalue weighted by atomic mass is 32.1. The Labute approximate surface area is 147 Å². The summed E-state index contributed by atoms with van der Waals surface area (Å²) in [6.45, 7) is 4.35. The number of fused-ring (bicyclic) bond motifs is 1. The van der Waals surface area contributed by atoms with E-state index >= 15 is 0 Å². The molecule has 0 aliphatic carbocycles. The van der Waals surface area contributed by atoms with Crippen molar-refractivity contribution in [1.82, 2.24) is 0 Å². The number of rotatable bonds is 6. The van der Waals surface area contributed by atoms with E-state index in [-0.39, 0.29) is 0 Å². The van der Waals surface area contributed by atoms with Crippen LogP contribution in [0.3, 0.4) is 0 Å². The van der Waals surface area contributed by atoms with Crippen molar-refractivity contribution in [3.05, 3.63) is 57.8 Å². The van der Waals surface area contributed by atoms with Crippen LogP contribution >= 0.6 is 11.3 Å². The van der Waals surface area contributed by atoms with E-state index in [1.54, 1.807) is 17.4 Å². The van der Waals surface area contributed by atoms with Crippen molar-refractivity contribution in [3.63, 3.8) is 0 Å². The van der Waals surface area contributed by atoms with Crippen molar-refractivity contribution in [2.75, 3.05) is 0 Å². The molecule has 0 fully saturated rings. The molecule has 0 saturated heterocycles. The molecule has 1 aromatic heterocycles. The minimum Gasteiger partial charge on any atom is -0.386 e. The SMILES string of the molecule is CCCCC(CCC)c1ccc2c(c1)C(=O)OC2=O.c1ccsc1. The minimum atomic E-state index is -0.521. The lowest BCUT2D eigenvalue weighted by atomic mass is 9.88. The minimum absolute atomic E-state index is 0.402. The Hall–Kier alpha value is -1.94. The van der Waals surface area contributed by atoms with Gasteiger partial charge in [-0.15, -0.1) is 0 Å². The van der Waals surface area contributed by atoms with Gasteiger partial charge in [0.15, 0.2) is 0 Å². The average Bonchev–Trinajstić information content (AvgIpc) is 3.25. The van der Waals surface area contributed by atoms with Gasteiger partial charge in [-0.25, -0.2) is 9.59 Å². The number of hydrogen-bond acceptors (Lipinski definition) is 4. The van der Waals surface area contributed by atoms with Gasteiger partial charge >= 0.3 is 11.9 Å². The monoisotopic (exact) mass is 344 g/mol. The van der Waals surface area contributed by atoms with Gasteiger partial charge in [0.25, 0.3) is 0 Å². The number of cyclic esters (lactones) is 2. The highest BCUT2D eigenvalue weighted by molar-refractivity contribution is 7.07. The largest absolute Gasteiger partial charge is 0.386 e. The van der Waals surface area contributed by atoms with Crippen LogP contribution in [0.15, 0.2) is 41.1 Å². The van der Waals surface area contributed by atoms with E-state index in [4.69, 9.17) is 0 Å². The first-order valence-corrected chi connectivity index (χ1v) is 9.49. The summed E-state index contributed by atoms with van der Waals surface area (Å²) >= 11 is 1.71. The normalized spacial score (nSPS) is 13.8. The van der Waals surface area contributed by atoms with Gasteiger partial charge in [0.05, 0.1) is 11.1 Å². The summed E-state index contributed by atoms with van der Waals surface area (Å²) in [6, 6.07) is 9.58. The molecule has 0 N–H and O–H groups in total. The molecule has 1 atom stereocenters. The molecule has 1 aromatic carbocycles. The van der Waals surface area contributed by atoms with Crippen LogP contribution in [0.5, 0.6) is 0 Å². The number of unbranched alkanes of at least 4 members (excludes halogenated alkanes) is 1. The molecule has 1 aliphatic rings. The second-order valence-corrected chi connectivity index (χ2v) is 6.72. The van der Waals surface area contributed by atoms with Crippen molar-refractivity contribution < 1.29 is 14.3 Å². The lowest BCUT2D eigenvalue weighted by molar-refractivity contribution is 0.0444. The molecule has 0 saturated carbocycles. The van der Waals surface area contributed by atoms with Crippen molar-refractivity contribution >= 4 is 23.3 Å². The maximum atomic E-state index is 11.6. The molecule has 3 nitrogen and oxygen atoms in total. The average molecular weight is 344 g/mol. The van der Waals surface area contributed by atoms with Gasteiger partial charge in [-0.3, -0.25) is 0 Å². The van der Waals surface area contributed by atoms with Crippen LogP contribution in [0.2, 0.25) is 0 Å². The molecule has 2 heterocycles. The first kappa shape index (κ1) is 18.4. The second kappa shape index (κ2) is 9.38. The highest BCUT2D eigenvalue weighted by Gasteiger charge is 2.30. The first-order chi connectivity index (χ1) is 11.7. The lowest BCUT2D eigenvalue weighted by Gasteiger charge is -2.16. The molecule has 1 aliphatic heterocycles. The first-order valence-electron chi connectivity index (χ1n) is 8.55. The van der Waals surface area contributed by atoms with Crippen molar-refractivity contribution in [2.45, 2.75) is 51.9 Å². The number of carbonyl (C=O) groups is 2. The molecular weight excluding hydrogens is 320 g/mol. The Balaban J connectivity index is 0.000000355. The zero-order chi connectivity index (χ0) is 17.4. The van der Waals surface area contributed by atoms with Crippen LogP contribution in [-0.2, 0) is 4.74 Å². The fourth-order valence-electron chi connectivity index (χ4n) is 2.86. The molecule has 3 rings (SSSR count). The number of carbonyl (C=O) groups excluding carboxylic acids is 2. The predicted molar refractivity (Wildman–Crippen MR) is 97.7 cm³/mol. The summed E-state index contributed by atoms with van der Waals surface area (Å²) in [5.41, 5.74) is 1.99. The van der Waals surface area contributed by atoms with E-state index in [1.807, 2.05) is 35.0 Å². The summed E-state index contributed by atoms with van der Waals surface area (Å²) in [5.74, 6) is -0.557. The van der Waals surface area contributed by atoms with Gasteiger partial charge in [0, 0.05) is 0 Å². The zero-order valence-corrected chi connectivity index (χ0v) is 15.1. The van der Waals surface area contributed by atoms with Gasteiger partial charge in [-0.1, -0.05) is 51.3 Å². The number of thiophene rings is 1. The van der Waals surface area contributed by atoms with E-state index in [1.165, 1.54) is 12.8 Å². The maximum absolute atomic E-state index is 11.6. The summed E-state index contributed by atoms with van der Waals surface area (Å²) < 4.78 is 4.63. The molecule has 0 spiro atoms. The molecule has 0 radical (unpaired) electrons. The van der Waals surface area contributed by atoms with Gasteiger partial charge < -0.3 is 4.74 Å². The Morgan fingerprint density at radius 2 is 1.67 bits per heavy atom. The van der Waals surface area contributed by atoms with E-state index in [0.29, 0.717) is 17.0 Å². The molecule has 0 bridgehead atoms. The molecule has 1 unspecified atom stereocenters. The highest BCUT2D eigenvalue weighted by Crippen LogP contribution is 2.30. The van der Waals surface area contributed by atoms with Crippen LogP contribution in [0, 0.1) is 0 Å². The molecular formula is C20H24O3S. The van der Waals surface area contributed by atoms with Crippen LogP contribution in [0.25, 0.3) is 0 Å². The molecule has 4 heteroatoms. The van der Waals surface area contributed by atoms with E-state index < -0.39 is 11.9 Å². The third kappa shape index (κ3) is 4.78. The van der Waals surface area contributed by atoms with E-state index in [9.17, 15) is 9.59 Å². The number of hydrogen-bond donors (Lipinski definition) is 0. The van der Waals surface area contributed by atoms with Gasteiger partial charge in [-0.2, -0.15) is 11.3 Å². The number of benzene rings is 1. The summed E-state index contributed by atoms with van der Waals surface area (Å²) in [4.78, 5) is 23.0. The van der Waals surface area contributed by atoms with Gasteiger partial charge in [0.2, 0.25) is 0 Å². The predicted octanol–water partition coefficient (Wildman–Crippen LogP) is 5.82. The molecule has 128 valence electrons. The van der Waals surface area contributed by atoms with Crippen molar-refractivity contribution in [2.24, 2.45) is 0 Å². The quantitative estimate of drug-likeness (QED) is 0.490. The van der Waals surface area contributed by atoms with Crippen LogP contribution in [-0.4, -0.2) is 11.9 Å². The molecule has 24 heavy (non-hydrogen) atoms. The molecule has 0 amide bonds. The summed E-state index contributed by atoms with van der Waals surface area (Å²) in [7, 11) is 0. The smallest absolute Gasteiger partial charge is 0.346 e. The Morgan fingerprint density at radius 3 is 2.25 bits per heavy atom. The van der Waals surface area contributed by atoms with Gasteiger partial charge in [-0.05, 0) is 47.2 Å². The third-order valence-electron chi connectivity index (χ3n) is 4.11. The number of ether oxygens (including phenoxy) is 1. The van der Waals surface area contributed by atoms with Crippen molar-refractivity contribution in [1.29, 1.82) is 0 Å². The summed E-state index contributed by atoms with van der Waals surface area (Å²) in [5, 5.41) is 4.08. The Morgan fingerprint density at radius 1 is 0.958 bits per heavy atom. The Bertz CT molecular complexity index is 644. The molecule has 2 aromatic rings. The van der Waals surface area contributed by atoms with Crippen LogP contribution < -0.4 is 0 Å². The fraction of sp³-hybridized carbons (Fsp3) is 0.400. The summed E-state index contributed by atoms with van der Waals surface area (Å²) in [6.07, 6.45) is 5.72. The topological polar surface area (TPSA) is 43.4 Å². The Kier molecular flexibility index (Phi) is 7.19. The number of esters is 2. The lowest BCUT2D eigenvalue weighted by Crippen LogP contribution is -2.02. The van der Waals surface area contributed by atoms with E-state index in [0.717, 1.165) is 24.8 Å². The fourth-order valence-corrected chi connectivity index (χ4v) is 3.31. The van der Waals surface area contributed by atoms with Gasteiger partial charge in [0.1, 0.15) is 0 Å². The second-order valence-electron chi connectivity index (χ2n) is 5.90. The zero-order valence-electron chi connectivity index (χ0n) is 14.3. The van der Waals surface area contributed by atoms with E-state index in [2.05, 4.69) is 18.6 Å². The standard InChI is InChI=1S/C16H20O3.C4H4S/c1-3-5-7-11(6-4-2)12-8-9-13-14(10-12)16(18)19-15(13)17;1-2-4-5-3-1/h8-11H,3-7H2,1-2H3;1-4H. The third-order valence-corrected chi connectivity index (χ3v) is 4.74. The van der Waals surface area contributed by atoms with Crippen LogP contribution in [0.4, 0.5) is 0 Å². The maximum Gasteiger partial charge on any atom is 0.346 e.